The van der Waals surface area contributed by atoms with E-state index in [-0.39, 0.29) is 6.61 Å². The minimum absolute atomic E-state index is 0.231. The van der Waals surface area contributed by atoms with Gasteiger partial charge in [0.1, 0.15) is 0 Å². The Morgan fingerprint density at radius 3 is 2.36 bits per heavy atom. The molecule has 0 atom stereocenters. The average Bonchev–Trinajstić information content (AvgIpc) is 2.50. The molecule has 6 heteroatoms. The Kier molecular flexibility index (Phi) is 4.98. The second-order valence-corrected chi connectivity index (χ2v) is 4.32. The van der Waals surface area contributed by atoms with Crippen molar-refractivity contribution in [3.8, 4) is 0 Å². The summed E-state index contributed by atoms with van der Waals surface area (Å²) in [7, 11) is 0. The van der Waals surface area contributed by atoms with Crippen LogP contribution in [0.2, 0.25) is 0 Å². The number of carbonyl (C=O) groups excluding carboxylic acids is 1. The Morgan fingerprint density at radius 2 is 1.73 bits per heavy atom. The molecule has 0 heterocycles. The minimum Gasteiger partial charge on any atom is -0.464 e. The molecule has 2 amide bonds. The SMILES string of the molecule is CCOC(=O)Nc1ccccc1N(C(=O)O)c1ccccc1. The molecule has 0 aromatic heterocycles. The van der Waals surface area contributed by atoms with Crippen LogP contribution in [-0.2, 0) is 4.74 Å². The zero-order valence-electron chi connectivity index (χ0n) is 12.0. The van der Waals surface area contributed by atoms with E-state index in [1.807, 2.05) is 0 Å². The molecular formula is C16H16N2O4. The van der Waals surface area contributed by atoms with Crippen LogP contribution in [0.4, 0.5) is 26.7 Å². The van der Waals surface area contributed by atoms with Gasteiger partial charge in [0.15, 0.2) is 0 Å². The molecular weight excluding hydrogens is 284 g/mol. The van der Waals surface area contributed by atoms with Gasteiger partial charge >= 0.3 is 12.2 Å². The molecule has 0 spiro atoms. The smallest absolute Gasteiger partial charge is 0.416 e. The van der Waals surface area contributed by atoms with Crippen LogP contribution >= 0.6 is 0 Å². The lowest BCUT2D eigenvalue weighted by atomic mass is 10.2. The molecule has 114 valence electrons. The number of nitrogens with zero attached hydrogens (tertiary/aromatic N) is 1. The van der Waals surface area contributed by atoms with Crippen LogP contribution in [0.5, 0.6) is 0 Å². The molecule has 0 fully saturated rings. The van der Waals surface area contributed by atoms with Crippen molar-refractivity contribution in [2.24, 2.45) is 0 Å². The Morgan fingerprint density at radius 1 is 1.09 bits per heavy atom. The van der Waals surface area contributed by atoms with Gasteiger partial charge in [0.2, 0.25) is 0 Å². The molecule has 0 unspecified atom stereocenters. The highest BCUT2D eigenvalue weighted by Gasteiger charge is 2.20. The maximum Gasteiger partial charge on any atom is 0.416 e. The topological polar surface area (TPSA) is 78.9 Å². The number of carboxylic acid groups (broad SMARTS) is 1. The van der Waals surface area contributed by atoms with E-state index >= 15 is 0 Å². The molecule has 2 N–H and O–H groups in total. The maximum absolute atomic E-state index is 11.6. The summed E-state index contributed by atoms with van der Waals surface area (Å²) < 4.78 is 4.83. The van der Waals surface area contributed by atoms with Crippen LogP contribution in [0, 0.1) is 0 Å². The van der Waals surface area contributed by atoms with E-state index < -0.39 is 12.2 Å². The van der Waals surface area contributed by atoms with E-state index in [9.17, 15) is 14.7 Å². The third-order valence-electron chi connectivity index (χ3n) is 2.86. The predicted molar refractivity (Wildman–Crippen MR) is 83.7 cm³/mol. The van der Waals surface area contributed by atoms with Crippen molar-refractivity contribution in [3.05, 3.63) is 54.6 Å². The van der Waals surface area contributed by atoms with Gasteiger partial charge in [-0.3, -0.25) is 5.32 Å². The largest absolute Gasteiger partial charge is 0.464 e. The first kappa shape index (κ1) is 15.4. The maximum atomic E-state index is 11.6. The normalized spacial score (nSPS) is 9.86. The van der Waals surface area contributed by atoms with Crippen molar-refractivity contribution in [2.75, 3.05) is 16.8 Å². The summed E-state index contributed by atoms with van der Waals surface area (Å²) in [6, 6.07) is 15.3. The fourth-order valence-electron chi connectivity index (χ4n) is 1.98. The van der Waals surface area contributed by atoms with Gasteiger partial charge in [-0.05, 0) is 31.2 Å². The number of anilines is 3. The van der Waals surface area contributed by atoms with E-state index in [0.717, 1.165) is 4.90 Å². The molecule has 0 aliphatic rings. The highest BCUT2D eigenvalue weighted by Crippen LogP contribution is 2.32. The Hall–Kier alpha value is -3.02. The predicted octanol–water partition coefficient (Wildman–Crippen LogP) is 4.07. The summed E-state index contributed by atoms with van der Waals surface area (Å²) in [6.45, 7) is 1.92. The first-order valence-corrected chi connectivity index (χ1v) is 6.74. The van der Waals surface area contributed by atoms with E-state index in [1.165, 1.54) is 0 Å². The second kappa shape index (κ2) is 7.12. The van der Waals surface area contributed by atoms with Gasteiger partial charge in [0.25, 0.3) is 0 Å². The molecule has 2 aromatic rings. The molecule has 0 aliphatic carbocycles. The lowest BCUT2D eigenvalue weighted by Gasteiger charge is -2.22. The summed E-state index contributed by atoms with van der Waals surface area (Å²) in [5.74, 6) is 0. The molecule has 2 aromatic carbocycles. The fourth-order valence-corrected chi connectivity index (χ4v) is 1.98. The summed E-state index contributed by atoms with van der Waals surface area (Å²) >= 11 is 0. The van der Waals surface area contributed by atoms with E-state index in [1.54, 1.807) is 61.5 Å². The van der Waals surface area contributed by atoms with Gasteiger partial charge in [-0.25, -0.2) is 14.5 Å². The van der Waals surface area contributed by atoms with Gasteiger partial charge in [-0.15, -0.1) is 0 Å². The van der Waals surface area contributed by atoms with Crippen LogP contribution in [0.3, 0.4) is 0 Å². The van der Waals surface area contributed by atoms with Crippen molar-refractivity contribution in [3.63, 3.8) is 0 Å². The molecule has 0 saturated heterocycles. The number of ether oxygens (including phenoxy) is 1. The van der Waals surface area contributed by atoms with Crippen molar-refractivity contribution in [1.82, 2.24) is 0 Å². The number of para-hydroxylation sites is 3. The van der Waals surface area contributed by atoms with Crippen molar-refractivity contribution in [2.45, 2.75) is 6.92 Å². The molecule has 2 rings (SSSR count). The monoisotopic (exact) mass is 300 g/mol. The number of rotatable bonds is 4. The highest BCUT2D eigenvalue weighted by atomic mass is 16.5. The van der Waals surface area contributed by atoms with E-state index in [4.69, 9.17) is 4.74 Å². The van der Waals surface area contributed by atoms with Crippen molar-refractivity contribution >= 4 is 29.2 Å². The van der Waals surface area contributed by atoms with Crippen LogP contribution in [-0.4, -0.2) is 23.9 Å². The van der Waals surface area contributed by atoms with E-state index in [2.05, 4.69) is 5.32 Å². The molecule has 0 saturated carbocycles. The van der Waals surface area contributed by atoms with Gasteiger partial charge in [0, 0.05) is 0 Å². The Balaban J connectivity index is 2.41. The average molecular weight is 300 g/mol. The fraction of sp³-hybridized carbons (Fsp3) is 0.125. The third kappa shape index (κ3) is 3.54. The van der Waals surface area contributed by atoms with Crippen LogP contribution < -0.4 is 10.2 Å². The molecule has 0 radical (unpaired) electrons. The molecule has 6 nitrogen and oxygen atoms in total. The third-order valence-corrected chi connectivity index (χ3v) is 2.86. The number of carbonyl (C=O) groups is 2. The first-order valence-electron chi connectivity index (χ1n) is 6.74. The number of benzene rings is 2. The van der Waals surface area contributed by atoms with Crippen LogP contribution in [0.1, 0.15) is 6.92 Å². The number of amides is 2. The second-order valence-electron chi connectivity index (χ2n) is 4.32. The summed E-state index contributed by atoms with van der Waals surface area (Å²) in [5.41, 5.74) is 1.18. The summed E-state index contributed by atoms with van der Waals surface area (Å²) in [5, 5.41) is 12.1. The van der Waals surface area contributed by atoms with Gasteiger partial charge in [-0.2, -0.15) is 0 Å². The van der Waals surface area contributed by atoms with Crippen LogP contribution in [0.15, 0.2) is 54.6 Å². The molecule has 0 bridgehead atoms. The number of hydrogen-bond acceptors (Lipinski definition) is 3. The molecule has 0 aliphatic heterocycles. The number of hydrogen-bond donors (Lipinski definition) is 2. The highest BCUT2D eigenvalue weighted by molar-refractivity contribution is 6.01. The van der Waals surface area contributed by atoms with Crippen molar-refractivity contribution in [1.29, 1.82) is 0 Å². The quantitative estimate of drug-likeness (QED) is 0.892. The van der Waals surface area contributed by atoms with E-state index in [0.29, 0.717) is 17.1 Å². The summed E-state index contributed by atoms with van der Waals surface area (Å²) in [6.07, 6.45) is -1.78. The van der Waals surface area contributed by atoms with Gasteiger partial charge < -0.3 is 9.84 Å². The summed E-state index contributed by atoms with van der Waals surface area (Å²) in [4.78, 5) is 24.3. The Bertz CT molecular complexity index is 658. The zero-order chi connectivity index (χ0) is 15.9. The molecule has 22 heavy (non-hydrogen) atoms. The van der Waals surface area contributed by atoms with Crippen molar-refractivity contribution < 1.29 is 19.4 Å². The minimum atomic E-state index is -1.15. The first-order chi connectivity index (χ1) is 10.6. The zero-order valence-corrected chi connectivity index (χ0v) is 12.0. The van der Waals surface area contributed by atoms with Crippen LogP contribution in [0.25, 0.3) is 0 Å². The lowest BCUT2D eigenvalue weighted by molar-refractivity contribution is 0.168. The van der Waals surface area contributed by atoms with Gasteiger partial charge in [0.05, 0.1) is 23.7 Å². The van der Waals surface area contributed by atoms with Gasteiger partial charge in [-0.1, -0.05) is 30.3 Å². The lowest BCUT2D eigenvalue weighted by Crippen LogP contribution is -2.25. The standard InChI is InChI=1S/C16H16N2O4/c1-2-22-15(19)17-13-10-6-7-11-14(13)18(16(20)21)12-8-4-3-5-9-12/h3-11H,2H2,1H3,(H,17,19)(H,20,21). The Labute approximate surface area is 127 Å². The number of nitrogens with one attached hydrogen (secondary N) is 1.